The number of rotatable bonds is 6. The molecule has 0 atom stereocenters. The lowest BCUT2D eigenvalue weighted by Crippen LogP contribution is -2.50. The third-order valence-electron chi connectivity index (χ3n) is 5.48. The van der Waals surface area contributed by atoms with E-state index < -0.39 is 0 Å². The van der Waals surface area contributed by atoms with Gasteiger partial charge in [0, 0.05) is 25.7 Å². The highest BCUT2D eigenvalue weighted by Gasteiger charge is 2.33. The van der Waals surface area contributed by atoms with Crippen LogP contribution in [0.25, 0.3) is 0 Å². The zero-order chi connectivity index (χ0) is 20.3. The molecule has 0 bridgehead atoms. The molecule has 1 aliphatic carbocycles. The number of hydrogen-bond acceptors (Lipinski definition) is 3. The van der Waals surface area contributed by atoms with Crippen molar-refractivity contribution in [3.63, 3.8) is 0 Å². The van der Waals surface area contributed by atoms with Gasteiger partial charge < -0.3 is 15.0 Å². The topological polar surface area (TPSA) is 44.8 Å². The van der Waals surface area contributed by atoms with Gasteiger partial charge in [-0.3, -0.25) is 4.90 Å². The maximum atomic E-state index is 12.2. The van der Waals surface area contributed by atoms with E-state index in [-0.39, 0.29) is 17.7 Å². The Morgan fingerprint density at radius 2 is 1.96 bits per heavy atom. The Labute approximate surface area is 174 Å². The molecule has 156 valence electrons. The van der Waals surface area contributed by atoms with Crippen molar-refractivity contribution in [3.8, 4) is 5.75 Å². The van der Waals surface area contributed by atoms with Crippen LogP contribution < -0.4 is 10.1 Å². The van der Waals surface area contributed by atoms with Gasteiger partial charge in [-0.05, 0) is 77.1 Å². The number of amides is 2. The fourth-order valence-corrected chi connectivity index (χ4v) is 4.17. The normalized spacial score (nSPS) is 22.6. The molecule has 6 heteroatoms. The molecule has 28 heavy (non-hydrogen) atoms. The van der Waals surface area contributed by atoms with Crippen molar-refractivity contribution in [2.45, 2.75) is 64.6 Å². The van der Waals surface area contributed by atoms with Crippen LogP contribution in [-0.4, -0.2) is 54.2 Å². The van der Waals surface area contributed by atoms with Gasteiger partial charge in [-0.15, -0.1) is 0 Å². The van der Waals surface area contributed by atoms with E-state index in [4.69, 9.17) is 16.3 Å². The molecule has 1 aromatic rings. The third kappa shape index (κ3) is 5.77. The molecule has 0 radical (unpaired) electrons. The second kappa shape index (κ2) is 8.91. The van der Waals surface area contributed by atoms with Gasteiger partial charge in [-0.2, -0.15) is 0 Å². The van der Waals surface area contributed by atoms with Gasteiger partial charge in [0.2, 0.25) is 0 Å². The Morgan fingerprint density at radius 1 is 1.29 bits per heavy atom. The summed E-state index contributed by atoms with van der Waals surface area (Å²) in [5.74, 6) is 1.27. The van der Waals surface area contributed by atoms with Gasteiger partial charge in [0.15, 0.2) is 0 Å². The smallest absolute Gasteiger partial charge is 0.317 e. The average molecular weight is 408 g/mol. The molecule has 5 nitrogen and oxygen atoms in total. The number of nitrogens with zero attached hydrogens (tertiary/aromatic N) is 2. The summed E-state index contributed by atoms with van der Waals surface area (Å²) in [6.45, 7) is 9.94. The highest BCUT2D eigenvalue weighted by Crippen LogP contribution is 2.36. The Morgan fingerprint density at radius 3 is 2.61 bits per heavy atom. The number of carbonyl (C=O) groups is 1. The number of ether oxygens (including phenoxy) is 1. The van der Waals surface area contributed by atoms with Crippen molar-refractivity contribution < 1.29 is 9.53 Å². The van der Waals surface area contributed by atoms with Crippen LogP contribution in [0.3, 0.4) is 0 Å². The van der Waals surface area contributed by atoms with Crippen molar-refractivity contribution in [2.75, 3.05) is 26.7 Å². The lowest BCUT2D eigenvalue weighted by atomic mass is 9.82. The van der Waals surface area contributed by atoms with E-state index in [9.17, 15) is 4.79 Å². The molecule has 2 aliphatic rings. The van der Waals surface area contributed by atoms with Crippen LogP contribution in [0.15, 0.2) is 18.2 Å². The van der Waals surface area contributed by atoms with Gasteiger partial charge in [0.25, 0.3) is 0 Å². The van der Waals surface area contributed by atoms with Crippen molar-refractivity contribution in [1.29, 1.82) is 0 Å². The van der Waals surface area contributed by atoms with Gasteiger partial charge in [0.1, 0.15) is 5.75 Å². The van der Waals surface area contributed by atoms with Crippen LogP contribution in [0.5, 0.6) is 5.75 Å². The Bertz CT molecular complexity index is 677. The summed E-state index contributed by atoms with van der Waals surface area (Å²) in [6, 6.07) is 6.08. The summed E-state index contributed by atoms with van der Waals surface area (Å²) in [7, 11) is 1.86. The molecular formula is C22H34ClN3O2. The maximum Gasteiger partial charge on any atom is 0.317 e. The molecule has 1 saturated heterocycles. The van der Waals surface area contributed by atoms with Crippen LogP contribution in [0.2, 0.25) is 5.02 Å². The number of likely N-dealkylation sites (tertiary alicyclic amines) is 1. The minimum atomic E-state index is -0.215. The quantitative estimate of drug-likeness (QED) is 0.753. The number of urea groups is 1. The van der Waals surface area contributed by atoms with Gasteiger partial charge in [0.05, 0.1) is 11.1 Å². The first-order valence-corrected chi connectivity index (χ1v) is 10.8. The summed E-state index contributed by atoms with van der Waals surface area (Å²) in [4.78, 5) is 16.4. The minimum absolute atomic E-state index is 0.0190. The van der Waals surface area contributed by atoms with Crippen LogP contribution in [-0.2, 0) is 6.54 Å². The minimum Gasteiger partial charge on any atom is -0.489 e. The zero-order valence-corrected chi connectivity index (χ0v) is 18.4. The van der Waals surface area contributed by atoms with E-state index >= 15 is 0 Å². The molecule has 2 fully saturated rings. The first-order valence-electron chi connectivity index (χ1n) is 10.4. The first-order chi connectivity index (χ1) is 13.2. The number of benzene rings is 1. The van der Waals surface area contributed by atoms with Crippen LogP contribution in [0.1, 0.15) is 52.0 Å². The summed E-state index contributed by atoms with van der Waals surface area (Å²) in [6.07, 6.45) is 4.65. The molecule has 2 amide bonds. The summed E-state index contributed by atoms with van der Waals surface area (Å²) in [5.41, 5.74) is 0.934. The predicted molar refractivity (Wildman–Crippen MR) is 114 cm³/mol. The standard InChI is InChI=1S/C22H34ClN3O2/c1-22(2,3)24-21(27)25(4)14-16-12-18(13-16)28-19-9-7-8-17(20(19)23)15-26-10-5-6-11-26/h7-9,16,18H,5-6,10-15H2,1-4H3,(H,24,27). The van der Waals surface area contributed by atoms with E-state index in [1.165, 1.54) is 12.8 Å². The highest BCUT2D eigenvalue weighted by atomic mass is 35.5. The van der Waals surface area contributed by atoms with Crippen molar-refractivity contribution in [1.82, 2.24) is 15.1 Å². The van der Waals surface area contributed by atoms with E-state index in [2.05, 4.69) is 16.3 Å². The lowest BCUT2D eigenvalue weighted by Gasteiger charge is -2.38. The van der Waals surface area contributed by atoms with Gasteiger partial charge in [-0.1, -0.05) is 23.7 Å². The molecule has 0 aromatic heterocycles. The van der Waals surface area contributed by atoms with E-state index in [1.807, 2.05) is 40.0 Å². The molecule has 1 aliphatic heterocycles. The fourth-order valence-electron chi connectivity index (χ4n) is 3.94. The van der Waals surface area contributed by atoms with Gasteiger partial charge >= 0.3 is 6.03 Å². The molecule has 3 rings (SSSR count). The number of hydrogen-bond donors (Lipinski definition) is 1. The summed E-state index contributed by atoms with van der Waals surface area (Å²) < 4.78 is 6.17. The average Bonchev–Trinajstić information content (AvgIpc) is 3.07. The Kier molecular flexibility index (Phi) is 6.77. The second-order valence-corrected chi connectivity index (χ2v) is 9.73. The zero-order valence-electron chi connectivity index (χ0n) is 17.6. The maximum absolute atomic E-state index is 12.2. The van der Waals surface area contributed by atoms with Crippen molar-refractivity contribution in [2.24, 2.45) is 5.92 Å². The Hall–Kier alpha value is -1.46. The van der Waals surface area contributed by atoms with Crippen LogP contribution in [0, 0.1) is 5.92 Å². The molecule has 1 N–H and O–H groups in total. The van der Waals surface area contributed by atoms with E-state index in [1.54, 1.807) is 4.90 Å². The van der Waals surface area contributed by atoms with Crippen molar-refractivity contribution >= 4 is 17.6 Å². The number of carbonyl (C=O) groups excluding carboxylic acids is 1. The van der Waals surface area contributed by atoms with E-state index in [0.717, 1.165) is 55.4 Å². The largest absolute Gasteiger partial charge is 0.489 e. The fraction of sp³-hybridized carbons (Fsp3) is 0.682. The number of nitrogens with one attached hydrogen (secondary N) is 1. The summed E-state index contributed by atoms with van der Waals surface area (Å²) >= 11 is 6.62. The molecule has 0 unspecified atom stereocenters. The molecule has 1 aromatic carbocycles. The molecular weight excluding hydrogens is 374 g/mol. The molecule has 1 heterocycles. The van der Waals surface area contributed by atoms with E-state index in [0.29, 0.717) is 5.92 Å². The first kappa shape index (κ1) is 21.3. The second-order valence-electron chi connectivity index (χ2n) is 9.35. The Balaban J connectivity index is 1.46. The number of halogens is 1. The van der Waals surface area contributed by atoms with Crippen LogP contribution in [0.4, 0.5) is 4.79 Å². The van der Waals surface area contributed by atoms with Crippen molar-refractivity contribution in [3.05, 3.63) is 28.8 Å². The SMILES string of the molecule is CN(CC1CC(Oc2cccc(CN3CCCC3)c2Cl)C1)C(=O)NC(C)(C)C. The highest BCUT2D eigenvalue weighted by molar-refractivity contribution is 6.32. The van der Waals surface area contributed by atoms with Gasteiger partial charge in [-0.25, -0.2) is 4.79 Å². The van der Waals surface area contributed by atoms with Crippen LogP contribution >= 0.6 is 11.6 Å². The predicted octanol–water partition coefficient (Wildman–Crippen LogP) is 4.53. The molecule has 0 spiro atoms. The monoisotopic (exact) mass is 407 g/mol. The summed E-state index contributed by atoms with van der Waals surface area (Å²) in [5, 5.41) is 3.75. The molecule has 1 saturated carbocycles. The lowest BCUT2D eigenvalue weighted by molar-refractivity contribution is 0.0518. The third-order valence-corrected chi connectivity index (χ3v) is 5.91.